The topological polar surface area (TPSA) is 61.9 Å². The van der Waals surface area contributed by atoms with Crippen LogP contribution in [0, 0.1) is 13.8 Å². The highest BCUT2D eigenvalue weighted by atomic mass is 16.5. The number of aryl methyl sites for hydroxylation is 2. The number of nitrogens with one attached hydrogen (secondary N) is 1. The van der Waals surface area contributed by atoms with Crippen molar-refractivity contribution in [3.8, 4) is 5.75 Å². The molecule has 34 heavy (non-hydrogen) atoms. The quantitative estimate of drug-likeness (QED) is 0.499. The Hall–Kier alpha value is -4.06. The molecule has 3 aromatic rings. The summed E-state index contributed by atoms with van der Waals surface area (Å²) in [5.41, 5.74) is 5.55. The number of carbonyl (C=O) groups excluding carboxylic acids is 2. The third-order valence-corrected chi connectivity index (χ3v) is 5.66. The number of imide groups is 1. The van der Waals surface area contributed by atoms with Crippen molar-refractivity contribution in [3.63, 3.8) is 0 Å². The molecule has 0 spiro atoms. The molecule has 6 heteroatoms. The van der Waals surface area contributed by atoms with E-state index in [4.69, 9.17) is 4.74 Å². The van der Waals surface area contributed by atoms with E-state index in [1.54, 1.807) is 0 Å². The summed E-state index contributed by atoms with van der Waals surface area (Å²) in [5.74, 6) is -0.0225. The van der Waals surface area contributed by atoms with Crippen molar-refractivity contribution in [2.75, 3.05) is 35.8 Å². The van der Waals surface area contributed by atoms with Crippen molar-refractivity contribution >= 4 is 34.4 Å². The Morgan fingerprint density at radius 3 is 2.03 bits per heavy atom. The number of anilines is 3. The van der Waals surface area contributed by atoms with E-state index in [9.17, 15) is 9.59 Å². The zero-order valence-electron chi connectivity index (χ0n) is 20.2. The first-order valence-electron chi connectivity index (χ1n) is 11.3. The Kier molecular flexibility index (Phi) is 6.41. The first kappa shape index (κ1) is 23.1. The van der Waals surface area contributed by atoms with E-state index in [1.165, 1.54) is 4.90 Å². The number of hydrogen-bond acceptors (Lipinski definition) is 5. The number of amides is 2. The van der Waals surface area contributed by atoms with Gasteiger partial charge >= 0.3 is 0 Å². The summed E-state index contributed by atoms with van der Waals surface area (Å²) in [6.45, 7) is 6.37. The molecule has 1 heterocycles. The van der Waals surface area contributed by atoms with E-state index in [0.717, 1.165) is 22.5 Å². The summed E-state index contributed by atoms with van der Waals surface area (Å²) in [4.78, 5) is 30.5. The fourth-order valence-corrected chi connectivity index (χ4v) is 4.10. The fraction of sp³-hybridized carbons (Fsp3) is 0.214. The molecular formula is C28H29N3O3. The van der Waals surface area contributed by atoms with Crippen LogP contribution in [-0.2, 0) is 9.59 Å². The molecule has 0 radical (unpaired) electrons. The van der Waals surface area contributed by atoms with Crippen molar-refractivity contribution in [1.82, 2.24) is 0 Å². The number of rotatable bonds is 7. The predicted octanol–water partition coefficient (Wildman–Crippen LogP) is 5.16. The number of ether oxygens (including phenoxy) is 1. The van der Waals surface area contributed by atoms with Crippen LogP contribution in [0.4, 0.5) is 17.1 Å². The third-order valence-electron chi connectivity index (χ3n) is 5.66. The minimum absolute atomic E-state index is 0.255. The van der Waals surface area contributed by atoms with Gasteiger partial charge in [-0.1, -0.05) is 18.2 Å². The van der Waals surface area contributed by atoms with E-state index in [1.807, 2.05) is 106 Å². The number of carbonyl (C=O) groups is 2. The lowest BCUT2D eigenvalue weighted by Gasteiger charge is -2.17. The van der Waals surface area contributed by atoms with Crippen LogP contribution in [0.5, 0.6) is 5.75 Å². The Bertz CT molecular complexity index is 1240. The maximum atomic E-state index is 13.7. The molecule has 1 N–H and O–H groups in total. The minimum Gasteiger partial charge on any atom is -0.494 e. The molecule has 4 rings (SSSR count). The molecule has 3 aromatic carbocycles. The van der Waals surface area contributed by atoms with Gasteiger partial charge in [-0.15, -0.1) is 0 Å². The second-order valence-electron chi connectivity index (χ2n) is 8.57. The summed E-state index contributed by atoms with van der Waals surface area (Å²) < 4.78 is 5.54. The molecular weight excluding hydrogens is 426 g/mol. The standard InChI is InChI=1S/C28H29N3O3/c1-6-34-24-13-7-20(8-14-24)25-26(29-21-9-11-22(12-10-21)30(4)5)28(33)31(27(25)32)23-16-18(2)15-19(3)17-23/h7-17,29H,6H2,1-5H3. The maximum absolute atomic E-state index is 13.7. The first-order chi connectivity index (χ1) is 16.3. The van der Waals surface area contributed by atoms with Crippen molar-refractivity contribution < 1.29 is 14.3 Å². The highest BCUT2D eigenvalue weighted by Gasteiger charge is 2.40. The van der Waals surface area contributed by atoms with Gasteiger partial charge in [-0.2, -0.15) is 0 Å². The van der Waals surface area contributed by atoms with E-state index in [0.29, 0.717) is 29.2 Å². The summed E-state index contributed by atoms with van der Waals surface area (Å²) in [6.07, 6.45) is 0. The summed E-state index contributed by atoms with van der Waals surface area (Å²) in [5, 5.41) is 3.22. The van der Waals surface area contributed by atoms with Crippen molar-refractivity contribution in [1.29, 1.82) is 0 Å². The smallest absolute Gasteiger partial charge is 0.282 e. The van der Waals surface area contributed by atoms with Crippen LogP contribution in [0.25, 0.3) is 5.57 Å². The molecule has 174 valence electrons. The highest BCUT2D eigenvalue weighted by Crippen LogP contribution is 2.35. The van der Waals surface area contributed by atoms with Crippen LogP contribution in [0.15, 0.2) is 72.4 Å². The van der Waals surface area contributed by atoms with Crippen LogP contribution in [0.2, 0.25) is 0 Å². The SMILES string of the molecule is CCOc1ccc(C2=C(Nc3ccc(N(C)C)cc3)C(=O)N(c3cc(C)cc(C)c3)C2=O)cc1. The van der Waals surface area contributed by atoms with E-state index in [-0.39, 0.29) is 17.5 Å². The molecule has 0 unspecified atom stereocenters. The average Bonchev–Trinajstić information content (AvgIpc) is 3.03. The van der Waals surface area contributed by atoms with Gasteiger partial charge in [0, 0.05) is 25.5 Å². The van der Waals surface area contributed by atoms with Gasteiger partial charge in [0.1, 0.15) is 11.4 Å². The molecule has 2 amide bonds. The van der Waals surface area contributed by atoms with Crippen LogP contribution < -0.4 is 19.9 Å². The van der Waals surface area contributed by atoms with E-state index < -0.39 is 0 Å². The van der Waals surface area contributed by atoms with E-state index >= 15 is 0 Å². The van der Waals surface area contributed by atoms with Crippen LogP contribution in [0.3, 0.4) is 0 Å². The second kappa shape index (κ2) is 9.43. The minimum atomic E-state index is -0.379. The van der Waals surface area contributed by atoms with Crippen molar-refractivity contribution in [2.45, 2.75) is 20.8 Å². The molecule has 0 aliphatic carbocycles. The molecule has 0 atom stereocenters. The van der Waals surface area contributed by atoms with Crippen LogP contribution in [-0.4, -0.2) is 32.5 Å². The summed E-state index contributed by atoms with van der Waals surface area (Å²) in [7, 11) is 3.94. The predicted molar refractivity (Wildman–Crippen MR) is 137 cm³/mol. The molecule has 0 saturated carbocycles. The van der Waals surface area contributed by atoms with Gasteiger partial charge in [0.25, 0.3) is 11.8 Å². The number of nitrogens with zero attached hydrogens (tertiary/aromatic N) is 2. The fourth-order valence-electron chi connectivity index (χ4n) is 4.10. The third kappa shape index (κ3) is 4.53. The van der Waals surface area contributed by atoms with Gasteiger partial charge in [-0.05, 0) is 86.0 Å². The zero-order chi connectivity index (χ0) is 24.4. The van der Waals surface area contributed by atoms with Gasteiger partial charge in [-0.25, -0.2) is 4.90 Å². The molecule has 1 aliphatic heterocycles. The average molecular weight is 456 g/mol. The molecule has 0 aromatic heterocycles. The highest BCUT2D eigenvalue weighted by molar-refractivity contribution is 6.46. The second-order valence-corrected chi connectivity index (χ2v) is 8.57. The lowest BCUT2D eigenvalue weighted by Crippen LogP contribution is -2.32. The van der Waals surface area contributed by atoms with Gasteiger partial charge in [-0.3, -0.25) is 9.59 Å². The molecule has 0 bridgehead atoms. The Morgan fingerprint density at radius 2 is 1.47 bits per heavy atom. The molecule has 0 fully saturated rings. The van der Waals surface area contributed by atoms with Crippen LogP contribution in [0.1, 0.15) is 23.6 Å². The van der Waals surface area contributed by atoms with Crippen molar-refractivity contribution in [3.05, 3.63) is 89.1 Å². The zero-order valence-corrected chi connectivity index (χ0v) is 20.2. The number of benzene rings is 3. The Balaban J connectivity index is 1.78. The van der Waals surface area contributed by atoms with Gasteiger partial charge in [0.05, 0.1) is 17.9 Å². The van der Waals surface area contributed by atoms with E-state index in [2.05, 4.69) is 5.32 Å². The summed E-state index contributed by atoms with van der Waals surface area (Å²) >= 11 is 0. The largest absolute Gasteiger partial charge is 0.494 e. The van der Waals surface area contributed by atoms with Gasteiger partial charge in [0.2, 0.25) is 0 Å². The monoisotopic (exact) mass is 455 g/mol. The number of hydrogen-bond donors (Lipinski definition) is 1. The molecule has 0 saturated heterocycles. The summed E-state index contributed by atoms with van der Waals surface area (Å²) in [6, 6.07) is 20.7. The molecule has 6 nitrogen and oxygen atoms in total. The lowest BCUT2D eigenvalue weighted by molar-refractivity contribution is -0.120. The normalized spacial score (nSPS) is 13.5. The Morgan fingerprint density at radius 1 is 0.853 bits per heavy atom. The Labute approximate surface area is 200 Å². The lowest BCUT2D eigenvalue weighted by atomic mass is 10.0. The molecule has 1 aliphatic rings. The van der Waals surface area contributed by atoms with Crippen molar-refractivity contribution in [2.24, 2.45) is 0 Å². The maximum Gasteiger partial charge on any atom is 0.282 e. The van der Waals surface area contributed by atoms with Gasteiger partial charge in [0.15, 0.2) is 0 Å². The van der Waals surface area contributed by atoms with Crippen LogP contribution >= 0.6 is 0 Å². The van der Waals surface area contributed by atoms with Gasteiger partial charge < -0.3 is 15.0 Å². The first-order valence-corrected chi connectivity index (χ1v) is 11.3.